The molecule has 1 unspecified atom stereocenters. The van der Waals surface area contributed by atoms with Crippen LogP contribution in [0.4, 0.5) is 5.69 Å². The van der Waals surface area contributed by atoms with Crippen molar-refractivity contribution in [1.29, 1.82) is 0 Å². The highest BCUT2D eigenvalue weighted by Gasteiger charge is 2.30. The minimum absolute atomic E-state index is 0.0217. The number of hydrogen-bond acceptors (Lipinski definition) is 5. The zero-order chi connectivity index (χ0) is 16.4. The van der Waals surface area contributed by atoms with Gasteiger partial charge < -0.3 is 9.47 Å². The van der Waals surface area contributed by atoms with E-state index >= 15 is 0 Å². The number of hydrogen-bond donors (Lipinski definition) is 0. The lowest BCUT2D eigenvalue weighted by Crippen LogP contribution is -2.56. The van der Waals surface area contributed by atoms with Gasteiger partial charge in [0.15, 0.2) is 0 Å². The molecule has 1 amide bonds. The number of carbonyl (C=O) groups excluding carboxylic acids is 1. The SMILES string of the molecule is O=C(Cn1ccc(=O)c([N+](=O)[O-])c1)N1CCN2CCCCC2C1. The van der Waals surface area contributed by atoms with E-state index in [0.29, 0.717) is 12.6 Å². The minimum atomic E-state index is -0.718. The summed E-state index contributed by atoms with van der Waals surface area (Å²) in [4.78, 5) is 38.2. The highest BCUT2D eigenvalue weighted by molar-refractivity contribution is 5.76. The van der Waals surface area contributed by atoms with Gasteiger partial charge in [0.2, 0.25) is 5.91 Å². The van der Waals surface area contributed by atoms with E-state index in [1.165, 1.54) is 23.6 Å². The highest BCUT2D eigenvalue weighted by atomic mass is 16.6. The van der Waals surface area contributed by atoms with Crippen LogP contribution >= 0.6 is 0 Å². The van der Waals surface area contributed by atoms with Gasteiger partial charge in [-0.2, -0.15) is 0 Å². The molecule has 8 nitrogen and oxygen atoms in total. The number of pyridine rings is 1. The van der Waals surface area contributed by atoms with Crippen LogP contribution in [0.15, 0.2) is 23.3 Å². The molecule has 0 aliphatic carbocycles. The summed E-state index contributed by atoms with van der Waals surface area (Å²) in [6.45, 7) is 3.44. The maximum atomic E-state index is 12.4. The van der Waals surface area contributed by atoms with Crippen LogP contribution in [-0.4, -0.2) is 57.4 Å². The van der Waals surface area contributed by atoms with Crippen molar-refractivity contribution in [2.45, 2.75) is 31.8 Å². The number of nitro groups is 1. The predicted octanol–water partition coefficient (Wildman–Crippen LogP) is 0.453. The second-order valence-electron chi connectivity index (χ2n) is 6.15. The van der Waals surface area contributed by atoms with Crippen LogP contribution in [-0.2, 0) is 11.3 Å². The van der Waals surface area contributed by atoms with Crippen molar-refractivity contribution in [3.8, 4) is 0 Å². The largest absolute Gasteiger partial charge is 0.339 e. The maximum Gasteiger partial charge on any atom is 0.332 e. The molecule has 124 valence electrons. The number of fused-ring (bicyclic) bond motifs is 1. The number of piperidine rings is 1. The Kier molecular flexibility index (Phi) is 4.42. The number of piperazine rings is 1. The van der Waals surface area contributed by atoms with Crippen molar-refractivity contribution in [1.82, 2.24) is 14.4 Å². The van der Waals surface area contributed by atoms with Crippen molar-refractivity contribution in [3.63, 3.8) is 0 Å². The smallest absolute Gasteiger partial charge is 0.332 e. The van der Waals surface area contributed by atoms with Crippen LogP contribution in [0.5, 0.6) is 0 Å². The van der Waals surface area contributed by atoms with E-state index in [-0.39, 0.29) is 12.5 Å². The molecule has 2 aliphatic heterocycles. The maximum absolute atomic E-state index is 12.4. The average molecular weight is 320 g/mol. The van der Waals surface area contributed by atoms with Gasteiger partial charge in [0.05, 0.1) is 11.1 Å². The fourth-order valence-corrected chi connectivity index (χ4v) is 3.39. The van der Waals surface area contributed by atoms with Gasteiger partial charge in [-0.15, -0.1) is 0 Å². The van der Waals surface area contributed by atoms with E-state index in [1.54, 1.807) is 0 Å². The van der Waals surface area contributed by atoms with Gasteiger partial charge in [-0.1, -0.05) is 6.42 Å². The summed E-state index contributed by atoms with van der Waals surface area (Å²) in [5.74, 6) is -0.0619. The lowest BCUT2D eigenvalue weighted by atomic mass is 9.99. The zero-order valence-electron chi connectivity index (χ0n) is 12.9. The van der Waals surface area contributed by atoms with E-state index < -0.39 is 16.0 Å². The first-order valence-electron chi connectivity index (χ1n) is 7.91. The average Bonchev–Trinajstić information content (AvgIpc) is 2.55. The molecule has 0 N–H and O–H groups in total. The van der Waals surface area contributed by atoms with Crippen LogP contribution in [0, 0.1) is 10.1 Å². The molecule has 3 heterocycles. The summed E-state index contributed by atoms with van der Waals surface area (Å²) in [7, 11) is 0. The lowest BCUT2D eigenvalue weighted by Gasteiger charge is -2.44. The molecular formula is C15H20N4O4. The van der Waals surface area contributed by atoms with E-state index in [4.69, 9.17) is 0 Å². The molecule has 0 aromatic carbocycles. The van der Waals surface area contributed by atoms with Crippen LogP contribution in [0.2, 0.25) is 0 Å². The van der Waals surface area contributed by atoms with Gasteiger partial charge in [0.25, 0.3) is 5.43 Å². The third kappa shape index (κ3) is 3.42. The molecule has 3 rings (SSSR count). The number of amides is 1. The molecule has 2 aliphatic rings. The van der Waals surface area contributed by atoms with Crippen molar-refractivity contribution < 1.29 is 9.72 Å². The summed E-state index contributed by atoms with van der Waals surface area (Å²) in [6.07, 6.45) is 6.11. The Labute approximate surface area is 133 Å². The first kappa shape index (κ1) is 15.7. The van der Waals surface area contributed by atoms with Gasteiger partial charge >= 0.3 is 5.69 Å². The van der Waals surface area contributed by atoms with Crippen LogP contribution in [0.1, 0.15) is 19.3 Å². The first-order valence-corrected chi connectivity index (χ1v) is 7.91. The van der Waals surface area contributed by atoms with Crippen LogP contribution in [0.3, 0.4) is 0 Å². The summed E-state index contributed by atoms with van der Waals surface area (Å²) in [6, 6.07) is 1.56. The molecule has 0 bridgehead atoms. The van der Waals surface area contributed by atoms with Gasteiger partial charge in [-0.05, 0) is 19.4 Å². The van der Waals surface area contributed by atoms with Gasteiger partial charge in [0.1, 0.15) is 6.54 Å². The monoisotopic (exact) mass is 320 g/mol. The Hall–Kier alpha value is -2.22. The highest BCUT2D eigenvalue weighted by Crippen LogP contribution is 2.21. The molecule has 1 aromatic heterocycles. The molecule has 0 spiro atoms. The molecular weight excluding hydrogens is 300 g/mol. The van der Waals surface area contributed by atoms with Crippen molar-refractivity contribution >= 4 is 11.6 Å². The fraction of sp³-hybridized carbons (Fsp3) is 0.600. The molecule has 23 heavy (non-hydrogen) atoms. The van der Waals surface area contributed by atoms with E-state index in [2.05, 4.69) is 4.90 Å². The zero-order valence-corrected chi connectivity index (χ0v) is 12.9. The Morgan fingerprint density at radius 1 is 1.30 bits per heavy atom. The Bertz CT molecular complexity index is 672. The lowest BCUT2D eigenvalue weighted by molar-refractivity contribution is -0.386. The number of carbonyl (C=O) groups is 1. The standard InChI is InChI=1S/C15H20N4O4/c20-14-4-6-16(10-13(14)19(22)23)11-15(21)18-8-7-17-5-2-1-3-12(17)9-18/h4,6,10,12H,1-3,5,7-9,11H2. The Morgan fingerprint density at radius 3 is 2.91 bits per heavy atom. The Balaban J connectivity index is 1.66. The Morgan fingerprint density at radius 2 is 2.13 bits per heavy atom. The number of nitrogens with zero attached hydrogens (tertiary/aromatic N) is 4. The molecule has 0 saturated carbocycles. The minimum Gasteiger partial charge on any atom is -0.339 e. The third-order valence-corrected chi connectivity index (χ3v) is 4.66. The molecule has 1 aromatic rings. The van der Waals surface area contributed by atoms with Crippen molar-refractivity contribution in [2.24, 2.45) is 0 Å². The summed E-state index contributed by atoms with van der Waals surface area (Å²) < 4.78 is 1.41. The number of aromatic nitrogens is 1. The van der Waals surface area contributed by atoms with E-state index in [9.17, 15) is 19.7 Å². The van der Waals surface area contributed by atoms with E-state index in [1.807, 2.05) is 4.90 Å². The normalized spacial score (nSPS) is 21.7. The van der Waals surface area contributed by atoms with Gasteiger partial charge in [-0.25, -0.2) is 0 Å². The summed E-state index contributed by atoms with van der Waals surface area (Å²) >= 11 is 0. The molecule has 8 heteroatoms. The summed E-state index contributed by atoms with van der Waals surface area (Å²) in [5, 5.41) is 10.8. The predicted molar refractivity (Wildman–Crippen MR) is 83.1 cm³/mol. The molecule has 2 saturated heterocycles. The molecule has 1 atom stereocenters. The summed E-state index contributed by atoms with van der Waals surface area (Å²) in [5.41, 5.74) is -1.15. The van der Waals surface area contributed by atoms with Crippen molar-refractivity contribution in [2.75, 3.05) is 26.2 Å². The van der Waals surface area contributed by atoms with Crippen LogP contribution < -0.4 is 5.43 Å². The van der Waals surface area contributed by atoms with Gasteiger partial charge in [0, 0.05) is 37.9 Å². The second kappa shape index (κ2) is 6.49. The molecule has 2 fully saturated rings. The van der Waals surface area contributed by atoms with E-state index in [0.717, 1.165) is 38.3 Å². The van der Waals surface area contributed by atoms with Crippen molar-refractivity contribution in [3.05, 3.63) is 38.8 Å². The quantitative estimate of drug-likeness (QED) is 0.596. The topological polar surface area (TPSA) is 88.7 Å². The van der Waals surface area contributed by atoms with Crippen LogP contribution in [0.25, 0.3) is 0 Å². The number of rotatable bonds is 3. The third-order valence-electron chi connectivity index (χ3n) is 4.66. The molecule has 0 radical (unpaired) electrons. The van der Waals surface area contributed by atoms with Gasteiger partial charge in [-0.3, -0.25) is 24.6 Å². The fourth-order valence-electron chi connectivity index (χ4n) is 3.39. The second-order valence-corrected chi connectivity index (χ2v) is 6.15. The first-order chi connectivity index (χ1) is 11.0.